The van der Waals surface area contributed by atoms with Gasteiger partial charge in [0.05, 0.1) is 11.8 Å². The molecule has 1 fully saturated rings. The molecule has 1 saturated carbocycles. The average Bonchev–Trinajstić information content (AvgIpc) is 2.86. The number of nitrogens with one attached hydrogen (secondary N) is 1. The van der Waals surface area contributed by atoms with Crippen molar-refractivity contribution in [1.82, 2.24) is 14.8 Å². The number of aliphatic carboxylic acids is 1. The molecular formula is C9H12N4O3S. The van der Waals surface area contributed by atoms with Gasteiger partial charge < -0.3 is 5.11 Å². The van der Waals surface area contributed by atoms with Gasteiger partial charge in [0.1, 0.15) is 0 Å². The topological polar surface area (TPSA) is 105 Å². The van der Waals surface area contributed by atoms with Gasteiger partial charge in [0.25, 0.3) is 0 Å². The van der Waals surface area contributed by atoms with Gasteiger partial charge in [-0.05, 0) is 24.0 Å². The summed E-state index contributed by atoms with van der Waals surface area (Å²) in [6, 6.07) is 0. The first kappa shape index (κ1) is 11.9. The smallest absolute Gasteiger partial charge is 0.307 e. The van der Waals surface area contributed by atoms with Crippen LogP contribution in [0.5, 0.6) is 0 Å². The van der Waals surface area contributed by atoms with Gasteiger partial charge in [-0.2, -0.15) is 0 Å². The quantitative estimate of drug-likeness (QED) is 0.821. The molecule has 1 aromatic heterocycles. The lowest BCUT2D eigenvalue weighted by Gasteiger charge is -2.13. The Morgan fingerprint density at radius 2 is 2.12 bits per heavy atom. The molecule has 0 bridgehead atoms. The Balaban J connectivity index is 2.05. The number of hydrogen-bond acceptors (Lipinski definition) is 6. The maximum Gasteiger partial charge on any atom is 0.307 e. The van der Waals surface area contributed by atoms with E-state index in [0.29, 0.717) is 18.0 Å². The van der Waals surface area contributed by atoms with E-state index >= 15 is 0 Å². The molecule has 1 heterocycles. The third kappa shape index (κ3) is 2.57. The second-order valence-corrected chi connectivity index (χ2v) is 5.02. The van der Waals surface area contributed by atoms with Crippen LogP contribution in [0.25, 0.3) is 0 Å². The third-order valence-electron chi connectivity index (χ3n) is 2.98. The minimum absolute atomic E-state index is 0.249. The Morgan fingerprint density at radius 1 is 1.41 bits per heavy atom. The van der Waals surface area contributed by atoms with E-state index in [0.717, 1.165) is 11.5 Å². The zero-order valence-electron chi connectivity index (χ0n) is 9.16. The average molecular weight is 256 g/mol. The van der Waals surface area contributed by atoms with Crippen molar-refractivity contribution in [3.63, 3.8) is 0 Å². The molecule has 1 aromatic rings. The zero-order valence-corrected chi connectivity index (χ0v) is 9.98. The van der Waals surface area contributed by atoms with Crippen molar-refractivity contribution < 1.29 is 14.7 Å². The summed E-state index contributed by atoms with van der Waals surface area (Å²) in [6.07, 6.45) is 1.14. The van der Waals surface area contributed by atoms with E-state index in [9.17, 15) is 9.59 Å². The molecule has 2 N–H and O–H groups in total. The summed E-state index contributed by atoms with van der Waals surface area (Å²) in [5.74, 6) is -2.07. The minimum Gasteiger partial charge on any atom is -0.481 e. The van der Waals surface area contributed by atoms with Crippen molar-refractivity contribution in [1.29, 1.82) is 0 Å². The molecule has 92 valence electrons. The summed E-state index contributed by atoms with van der Waals surface area (Å²) < 4.78 is 3.52. The lowest BCUT2D eigenvalue weighted by atomic mass is 9.95. The van der Waals surface area contributed by atoms with Gasteiger partial charge in [-0.1, -0.05) is 16.5 Å². The number of carboxylic acid groups (broad SMARTS) is 1. The van der Waals surface area contributed by atoms with Crippen molar-refractivity contribution in [2.45, 2.75) is 19.8 Å². The SMILES string of the molecule is CC1CC(C(=O)O)C(C(=O)Nc2nnns2)C1. The Labute approximate surface area is 101 Å². The first-order valence-corrected chi connectivity index (χ1v) is 6.04. The first-order chi connectivity index (χ1) is 8.08. The summed E-state index contributed by atoms with van der Waals surface area (Å²) in [4.78, 5) is 23.0. The van der Waals surface area contributed by atoms with Crippen LogP contribution in [0.4, 0.5) is 5.13 Å². The summed E-state index contributed by atoms with van der Waals surface area (Å²) in [5, 5.41) is 18.9. The number of aromatic nitrogens is 3. The van der Waals surface area contributed by atoms with Crippen LogP contribution in [0.2, 0.25) is 0 Å². The molecule has 0 spiro atoms. The van der Waals surface area contributed by atoms with Crippen molar-refractivity contribution in [3.05, 3.63) is 0 Å². The highest BCUT2D eigenvalue weighted by molar-refractivity contribution is 7.09. The second-order valence-electron chi connectivity index (χ2n) is 4.28. The van der Waals surface area contributed by atoms with Crippen LogP contribution < -0.4 is 5.32 Å². The van der Waals surface area contributed by atoms with Crippen LogP contribution in [-0.4, -0.2) is 31.8 Å². The molecule has 3 atom stereocenters. The fraction of sp³-hybridized carbons (Fsp3) is 0.667. The fourth-order valence-electron chi connectivity index (χ4n) is 2.23. The van der Waals surface area contributed by atoms with Crippen LogP contribution >= 0.6 is 11.5 Å². The van der Waals surface area contributed by atoms with Crippen LogP contribution in [-0.2, 0) is 9.59 Å². The highest BCUT2D eigenvalue weighted by Crippen LogP contribution is 2.37. The first-order valence-electron chi connectivity index (χ1n) is 5.26. The van der Waals surface area contributed by atoms with Gasteiger partial charge in [-0.25, -0.2) is 0 Å². The number of carboxylic acids is 1. The Hall–Kier alpha value is -1.57. The van der Waals surface area contributed by atoms with Crippen molar-refractivity contribution in [2.75, 3.05) is 5.32 Å². The number of hydrogen-bond donors (Lipinski definition) is 2. The van der Waals surface area contributed by atoms with Crippen molar-refractivity contribution in [2.24, 2.45) is 17.8 Å². The van der Waals surface area contributed by atoms with Crippen LogP contribution in [0.3, 0.4) is 0 Å². The summed E-state index contributed by atoms with van der Waals surface area (Å²) in [7, 11) is 0. The fourth-order valence-corrected chi connectivity index (χ4v) is 2.60. The second kappa shape index (κ2) is 4.74. The maximum atomic E-state index is 11.9. The number of carbonyl (C=O) groups is 2. The van der Waals surface area contributed by atoms with E-state index in [2.05, 4.69) is 20.1 Å². The molecule has 0 radical (unpaired) electrons. The van der Waals surface area contributed by atoms with Gasteiger partial charge >= 0.3 is 5.97 Å². The molecule has 0 aliphatic heterocycles. The third-order valence-corrected chi connectivity index (χ3v) is 3.49. The van der Waals surface area contributed by atoms with E-state index in [4.69, 9.17) is 5.11 Å². The van der Waals surface area contributed by atoms with Gasteiger partial charge in [0.15, 0.2) is 0 Å². The van der Waals surface area contributed by atoms with Crippen molar-refractivity contribution >= 4 is 28.5 Å². The molecule has 3 unspecified atom stereocenters. The molecule has 2 rings (SSSR count). The van der Waals surface area contributed by atoms with Gasteiger partial charge in [0, 0.05) is 11.5 Å². The summed E-state index contributed by atoms with van der Waals surface area (Å²) in [5.41, 5.74) is 0. The summed E-state index contributed by atoms with van der Waals surface area (Å²) in [6.45, 7) is 1.95. The minimum atomic E-state index is -0.912. The maximum absolute atomic E-state index is 11.9. The van der Waals surface area contributed by atoms with Gasteiger partial charge in [0.2, 0.25) is 11.0 Å². The largest absolute Gasteiger partial charge is 0.481 e. The van der Waals surface area contributed by atoms with Gasteiger partial charge in [-0.3, -0.25) is 14.9 Å². The highest BCUT2D eigenvalue weighted by Gasteiger charge is 2.41. The molecule has 1 aliphatic rings. The highest BCUT2D eigenvalue weighted by atomic mass is 32.1. The molecule has 0 saturated heterocycles. The van der Waals surface area contributed by atoms with E-state index < -0.39 is 17.8 Å². The normalized spacial score (nSPS) is 27.9. The lowest BCUT2D eigenvalue weighted by molar-refractivity contribution is -0.145. The summed E-state index contributed by atoms with van der Waals surface area (Å²) >= 11 is 0.969. The molecule has 0 aromatic carbocycles. The lowest BCUT2D eigenvalue weighted by Crippen LogP contribution is -2.29. The number of amides is 1. The molecule has 1 amide bonds. The monoisotopic (exact) mass is 256 g/mol. The number of carbonyl (C=O) groups excluding carboxylic acids is 1. The van der Waals surface area contributed by atoms with E-state index in [1.165, 1.54) is 0 Å². The number of anilines is 1. The Bertz CT molecular complexity index is 422. The molecule has 8 heteroatoms. The van der Waals surface area contributed by atoms with Crippen molar-refractivity contribution in [3.8, 4) is 0 Å². The molecule has 1 aliphatic carbocycles. The van der Waals surface area contributed by atoms with E-state index in [1.54, 1.807) is 0 Å². The van der Waals surface area contributed by atoms with E-state index in [1.807, 2.05) is 6.92 Å². The van der Waals surface area contributed by atoms with Crippen LogP contribution in [0.1, 0.15) is 19.8 Å². The number of nitrogens with zero attached hydrogens (tertiary/aromatic N) is 3. The van der Waals surface area contributed by atoms with Crippen LogP contribution in [0.15, 0.2) is 0 Å². The Morgan fingerprint density at radius 3 is 2.71 bits per heavy atom. The molecule has 17 heavy (non-hydrogen) atoms. The van der Waals surface area contributed by atoms with E-state index in [-0.39, 0.29) is 11.8 Å². The predicted molar refractivity (Wildman–Crippen MR) is 59.3 cm³/mol. The predicted octanol–water partition coefficient (Wildman–Crippen LogP) is 0.618. The van der Waals surface area contributed by atoms with Crippen LogP contribution in [0, 0.1) is 17.8 Å². The Kier molecular flexibility index (Phi) is 3.32. The van der Waals surface area contributed by atoms with Gasteiger partial charge in [-0.15, -0.1) is 0 Å². The zero-order chi connectivity index (χ0) is 12.4. The number of rotatable bonds is 3. The molecule has 7 nitrogen and oxygen atoms in total. The standard InChI is InChI=1S/C9H12N4O3S/c1-4-2-5(6(3-4)8(15)16)7(14)10-9-11-12-13-17-9/h4-6H,2-3H2,1H3,(H,15,16)(H,10,11,13,14). The molecular weight excluding hydrogens is 244 g/mol.